The van der Waals surface area contributed by atoms with Crippen molar-refractivity contribution in [2.75, 3.05) is 7.11 Å². The summed E-state index contributed by atoms with van der Waals surface area (Å²) >= 11 is 0. The SMILES string of the molecule is COc1ccc(C(N)=O)c(C2CCCCC2)c1C(=O)NCc1ccccc1. The van der Waals surface area contributed by atoms with E-state index in [1.807, 2.05) is 30.3 Å². The largest absolute Gasteiger partial charge is 0.496 e. The number of benzene rings is 2. The molecule has 0 aromatic heterocycles. The van der Waals surface area contributed by atoms with Gasteiger partial charge in [0.25, 0.3) is 5.91 Å². The maximum Gasteiger partial charge on any atom is 0.255 e. The molecule has 2 aromatic rings. The van der Waals surface area contributed by atoms with E-state index in [9.17, 15) is 9.59 Å². The molecule has 1 aliphatic rings. The molecule has 0 aliphatic heterocycles. The van der Waals surface area contributed by atoms with E-state index in [1.54, 1.807) is 12.1 Å². The molecule has 1 fully saturated rings. The van der Waals surface area contributed by atoms with Gasteiger partial charge in [-0.3, -0.25) is 9.59 Å². The van der Waals surface area contributed by atoms with E-state index in [0.717, 1.165) is 36.8 Å². The molecule has 142 valence electrons. The van der Waals surface area contributed by atoms with Crippen molar-refractivity contribution < 1.29 is 14.3 Å². The topological polar surface area (TPSA) is 81.4 Å². The van der Waals surface area contributed by atoms with Gasteiger partial charge in [-0.25, -0.2) is 0 Å². The first-order chi connectivity index (χ1) is 13.1. The van der Waals surface area contributed by atoms with Crippen LogP contribution in [-0.2, 0) is 6.54 Å². The number of hydrogen-bond acceptors (Lipinski definition) is 3. The molecule has 5 heteroatoms. The predicted molar refractivity (Wildman–Crippen MR) is 105 cm³/mol. The van der Waals surface area contributed by atoms with Gasteiger partial charge in [-0.05, 0) is 42.0 Å². The van der Waals surface area contributed by atoms with E-state index in [1.165, 1.54) is 13.5 Å². The van der Waals surface area contributed by atoms with E-state index in [2.05, 4.69) is 5.32 Å². The van der Waals surface area contributed by atoms with Crippen LogP contribution in [0.25, 0.3) is 0 Å². The minimum absolute atomic E-state index is 0.147. The number of nitrogens with one attached hydrogen (secondary N) is 1. The quantitative estimate of drug-likeness (QED) is 0.816. The number of nitrogens with two attached hydrogens (primary N) is 1. The second-order valence-electron chi connectivity index (χ2n) is 6.97. The van der Waals surface area contributed by atoms with E-state index >= 15 is 0 Å². The average Bonchev–Trinajstić information content (AvgIpc) is 2.72. The summed E-state index contributed by atoms with van der Waals surface area (Å²) < 4.78 is 5.47. The number of carbonyl (C=O) groups excluding carboxylic acids is 2. The molecular formula is C22H26N2O3. The minimum Gasteiger partial charge on any atom is -0.496 e. The van der Waals surface area contributed by atoms with Crippen molar-refractivity contribution >= 4 is 11.8 Å². The fraction of sp³-hybridized carbons (Fsp3) is 0.364. The first kappa shape index (κ1) is 19.0. The average molecular weight is 366 g/mol. The third-order valence-corrected chi connectivity index (χ3v) is 5.23. The van der Waals surface area contributed by atoms with Gasteiger partial charge in [0.15, 0.2) is 0 Å². The lowest BCUT2D eigenvalue weighted by Crippen LogP contribution is -2.28. The molecule has 2 amide bonds. The fourth-order valence-electron chi connectivity index (χ4n) is 3.90. The molecular weight excluding hydrogens is 340 g/mol. The van der Waals surface area contributed by atoms with Crippen LogP contribution < -0.4 is 15.8 Å². The van der Waals surface area contributed by atoms with E-state index in [0.29, 0.717) is 23.4 Å². The third-order valence-electron chi connectivity index (χ3n) is 5.23. The molecule has 0 saturated heterocycles. The van der Waals surface area contributed by atoms with Gasteiger partial charge in [-0.2, -0.15) is 0 Å². The smallest absolute Gasteiger partial charge is 0.255 e. The number of amides is 2. The maximum atomic E-state index is 13.1. The van der Waals surface area contributed by atoms with Crippen LogP contribution in [-0.4, -0.2) is 18.9 Å². The molecule has 1 aliphatic carbocycles. The van der Waals surface area contributed by atoms with Crippen molar-refractivity contribution in [3.63, 3.8) is 0 Å². The van der Waals surface area contributed by atoms with Gasteiger partial charge in [0.2, 0.25) is 5.91 Å². The van der Waals surface area contributed by atoms with Gasteiger partial charge >= 0.3 is 0 Å². The molecule has 27 heavy (non-hydrogen) atoms. The van der Waals surface area contributed by atoms with Crippen molar-refractivity contribution in [1.29, 1.82) is 0 Å². The summed E-state index contributed by atoms with van der Waals surface area (Å²) in [6.07, 6.45) is 5.26. The summed E-state index contributed by atoms with van der Waals surface area (Å²) in [5, 5.41) is 2.96. The number of ether oxygens (including phenoxy) is 1. The molecule has 0 unspecified atom stereocenters. The molecule has 5 nitrogen and oxygen atoms in total. The number of primary amides is 1. The molecule has 3 N–H and O–H groups in total. The van der Waals surface area contributed by atoms with Gasteiger partial charge in [0, 0.05) is 12.1 Å². The summed E-state index contributed by atoms with van der Waals surface area (Å²) in [6, 6.07) is 13.1. The zero-order valence-corrected chi connectivity index (χ0v) is 15.7. The van der Waals surface area contributed by atoms with Crippen LogP contribution >= 0.6 is 0 Å². The number of carbonyl (C=O) groups is 2. The normalized spacial score (nSPS) is 14.6. The van der Waals surface area contributed by atoms with Crippen LogP contribution in [0.4, 0.5) is 0 Å². The molecule has 1 saturated carbocycles. The maximum absolute atomic E-state index is 13.1. The standard InChI is InChI=1S/C22H26N2O3/c1-27-18-13-12-17(21(23)25)19(16-10-6-3-7-11-16)20(18)22(26)24-14-15-8-4-2-5-9-15/h2,4-5,8-9,12-13,16H,3,6-7,10-11,14H2,1H3,(H2,23,25)(H,24,26). The predicted octanol–water partition coefficient (Wildman–Crippen LogP) is 3.77. The van der Waals surface area contributed by atoms with Crippen molar-refractivity contribution in [3.8, 4) is 5.75 Å². The second-order valence-corrected chi connectivity index (χ2v) is 6.97. The second kappa shape index (κ2) is 8.71. The van der Waals surface area contributed by atoms with Crippen molar-refractivity contribution in [2.24, 2.45) is 5.73 Å². The van der Waals surface area contributed by atoms with Crippen molar-refractivity contribution in [3.05, 3.63) is 64.7 Å². The molecule has 0 bridgehead atoms. The lowest BCUT2D eigenvalue weighted by atomic mass is 9.79. The van der Waals surface area contributed by atoms with Crippen LogP contribution in [0.3, 0.4) is 0 Å². The Balaban J connectivity index is 1.98. The van der Waals surface area contributed by atoms with Crippen LogP contribution in [0, 0.1) is 0 Å². The minimum atomic E-state index is -0.504. The molecule has 0 radical (unpaired) electrons. The highest BCUT2D eigenvalue weighted by molar-refractivity contribution is 6.04. The van der Waals surface area contributed by atoms with Gasteiger partial charge < -0.3 is 15.8 Å². The first-order valence-corrected chi connectivity index (χ1v) is 9.44. The van der Waals surface area contributed by atoms with Crippen LogP contribution in [0.2, 0.25) is 0 Å². The summed E-state index contributed by atoms with van der Waals surface area (Å²) in [5.41, 5.74) is 8.25. The zero-order valence-electron chi connectivity index (χ0n) is 15.7. The summed E-state index contributed by atoms with van der Waals surface area (Å²) in [7, 11) is 1.54. The fourth-order valence-corrected chi connectivity index (χ4v) is 3.90. The number of rotatable bonds is 6. The third kappa shape index (κ3) is 4.30. The Kier molecular flexibility index (Phi) is 6.12. The van der Waals surface area contributed by atoms with Crippen molar-refractivity contribution in [2.45, 2.75) is 44.6 Å². The van der Waals surface area contributed by atoms with Gasteiger partial charge in [0.1, 0.15) is 5.75 Å². The zero-order chi connectivity index (χ0) is 19.2. The van der Waals surface area contributed by atoms with Crippen LogP contribution in [0.1, 0.15) is 69.9 Å². The van der Waals surface area contributed by atoms with Crippen molar-refractivity contribution in [1.82, 2.24) is 5.32 Å². The highest BCUT2D eigenvalue weighted by Gasteiger charge is 2.29. The highest BCUT2D eigenvalue weighted by Crippen LogP contribution is 2.39. The lowest BCUT2D eigenvalue weighted by molar-refractivity contribution is 0.0946. The van der Waals surface area contributed by atoms with E-state index in [4.69, 9.17) is 10.5 Å². The molecule has 0 spiro atoms. The Bertz CT molecular complexity index is 812. The summed E-state index contributed by atoms with van der Waals surface area (Å²) in [4.78, 5) is 25.2. The Morgan fingerprint density at radius 3 is 2.41 bits per heavy atom. The van der Waals surface area contributed by atoms with Gasteiger partial charge in [-0.15, -0.1) is 0 Å². The number of hydrogen-bond donors (Lipinski definition) is 2. The Morgan fingerprint density at radius 1 is 1.07 bits per heavy atom. The number of methoxy groups -OCH3 is 1. The first-order valence-electron chi connectivity index (χ1n) is 9.44. The highest BCUT2D eigenvalue weighted by atomic mass is 16.5. The Hall–Kier alpha value is -2.82. The molecule has 3 rings (SSSR count). The summed E-state index contributed by atoms with van der Waals surface area (Å²) in [6.45, 7) is 0.410. The molecule has 2 aromatic carbocycles. The molecule has 0 atom stereocenters. The Labute approximate surface area is 159 Å². The van der Waals surface area contributed by atoms with Crippen LogP contribution in [0.15, 0.2) is 42.5 Å². The molecule has 0 heterocycles. The van der Waals surface area contributed by atoms with E-state index < -0.39 is 5.91 Å². The van der Waals surface area contributed by atoms with Gasteiger partial charge in [0.05, 0.1) is 12.7 Å². The monoisotopic (exact) mass is 366 g/mol. The lowest BCUT2D eigenvalue weighted by Gasteiger charge is -2.27. The van der Waals surface area contributed by atoms with Gasteiger partial charge in [-0.1, -0.05) is 49.6 Å². The van der Waals surface area contributed by atoms with E-state index in [-0.39, 0.29) is 11.8 Å². The summed E-state index contributed by atoms with van der Waals surface area (Å²) in [5.74, 6) is -0.116. The Morgan fingerprint density at radius 2 is 1.78 bits per heavy atom. The van der Waals surface area contributed by atoms with Crippen LogP contribution in [0.5, 0.6) is 5.75 Å².